The number of carbonyl (C=O) groups is 1. The molecule has 1 N–H and O–H groups in total. The fraction of sp³-hybridized carbons (Fsp3) is 0.238. The summed E-state index contributed by atoms with van der Waals surface area (Å²) in [6.07, 6.45) is 5.75. The van der Waals surface area contributed by atoms with E-state index in [0.717, 1.165) is 42.9 Å². The minimum absolute atomic E-state index is 0.209. The number of nitrogens with one attached hydrogen (secondary N) is 1. The van der Waals surface area contributed by atoms with Gasteiger partial charge in [-0.3, -0.25) is 9.78 Å². The molecule has 1 fully saturated rings. The predicted molar refractivity (Wildman–Crippen MR) is 104 cm³/mol. The van der Waals surface area contributed by atoms with Gasteiger partial charge in [0, 0.05) is 43.7 Å². The van der Waals surface area contributed by atoms with Gasteiger partial charge in [0.2, 0.25) is 0 Å². The SMILES string of the molecule is O=C(NCc1cccnc1)c1cc(N2CCCC2)nc(-c2ccccc2)n1. The minimum Gasteiger partial charge on any atom is -0.356 e. The van der Waals surface area contributed by atoms with Gasteiger partial charge in [0.15, 0.2) is 5.82 Å². The first kappa shape index (κ1) is 17.1. The van der Waals surface area contributed by atoms with Crippen molar-refractivity contribution in [3.63, 3.8) is 0 Å². The zero-order valence-corrected chi connectivity index (χ0v) is 15.0. The van der Waals surface area contributed by atoms with Crippen LogP contribution in [0, 0.1) is 0 Å². The number of pyridine rings is 1. The third-order valence-corrected chi connectivity index (χ3v) is 4.58. The van der Waals surface area contributed by atoms with Crippen molar-refractivity contribution < 1.29 is 4.79 Å². The first-order chi connectivity index (χ1) is 13.3. The van der Waals surface area contributed by atoms with Crippen molar-refractivity contribution >= 4 is 11.7 Å². The van der Waals surface area contributed by atoms with Crippen LogP contribution in [0.15, 0.2) is 60.9 Å². The van der Waals surface area contributed by atoms with Crippen molar-refractivity contribution in [2.45, 2.75) is 19.4 Å². The Morgan fingerprint density at radius 2 is 1.85 bits per heavy atom. The first-order valence-electron chi connectivity index (χ1n) is 9.16. The Hall–Kier alpha value is -3.28. The average Bonchev–Trinajstić information content (AvgIpc) is 3.28. The summed E-state index contributed by atoms with van der Waals surface area (Å²) in [5, 5.41) is 2.92. The van der Waals surface area contributed by atoms with Crippen LogP contribution in [0.2, 0.25) is 0 Å². The van der Waals surface area contributed by atoms with E-state index in [1.807, 2.05) is 42.5 Å². The van der Waals surface area contributed by atoms with Crippen molar-refractivity contribution in [1.82, 2.24) is 20.3 Å². The number of hydrogen-bond acceptors (Lipinski definition) is 5. The minimum atomic E-state index is -0.209. The van der Waals surface area contributed by atoms with Crippen molar-refractivity contribution in [1.29, 1.82) is 0 Å². The van der Waals surface area contributed by atoms with Gasteiger partial charge in [-0.05, 0) is 24.5 Å². The standard InChI is InChI=1S/C21H21N5O/c27-21(23-15-16-7-6-10-22-14-16)18-13-19(26-11-4-5-12-26)25-20(24-18)17-8-2-1-3-9-17/h1-3,6-10,13-14H,4-5,11-12,15H2,(H,23,27). The maximum absolute atomic E-state index is 12.7. The molecule has 1 saturated heterocycles. The second-order valence-corrected chi connectivity index (χ2v) is 6.54. The van der Waals surface area contributed by atoms with Crippen molar-refractivity contribution in [3.8, 4) is 11.4 Å². The normalized spacial score (nSPS) is 13.6. The number of carbonyl (C=O) groups excluding carboxylic acids is 1. The number of amides is 1. The predicted octanol–water partition coefficient (Wildman–Crippen LogP) is 3.07. The summed E-state index contributed by atoms with van der Waals surface area (Å²) < 4.78 is 0. The fourth-order valence-electron chi connectivity index (χ4n) is 3.15. The molecule has 3 aromatic rings. The molecule has 1 aliphatic heterocycles. The van der Waals surface area contributed by atoms with Gasteiger partial charge >= 0.3 is 0 Å². The van der Waals surface area contributed by atoms with Gasteiger partial charge in [-0.25, -0.2) is 9.97 Å². The monoisotopic (exact) mass is 359 g/mol. The molecule has 4 rings (SSSR count). The summed E-state index contributed by atoms with van der Waals surface area (Å²) >= 11 is 0. The summed E-state index contributed by atoms with van der Waals surface area (Å²) in [4.78, 5) is 28.2. The Morgan fingerprint density at radius 3 is 2.59 bits per heavy atom. The summed E-state index contributed by atoms with van der Waals surface area (Å²) in [7, 11) is 0. The van der Waals surface area contributed by atoms with E-state index in [1.54, 1.807) is 18.5 Å². The third kappa shape index (κ3) is 4.11. The molecule has 0 aliphatic carbocycles. The van der Waals surface area contributed by atoms with E-state index in [4.69, 9.17) is 4.98 Å². The Labute approximate surface area is 158 Å². The van der Waals surface area contributed by atoms with E-state index in [2.05, 4.69) is 20.2 Å². The zero-order chi connectivity index (χ0) is 18.5. The zero-order valence-electron chi connectivity index (χ0n) is 15.0. The summed E-state index contributed by atoms with van der Waals surface area (Å²) in [6, 6.07) is 15.3. The number of aromatic nitrogens is 3. The number of rotatable bonds is 5. The van der Waals surface area contributed by atoms with Crippen molar-refractivity contribution in [2.75, 3.05) is 18.0 Å². The molecule has 0 radical (unpaired) electrons. The molecule has 0 unspecified atom stereocenters. The molecule has 0 atom stereocenters. The van der Waals surface area contributed by atoms with E-state index in [0.29, 0.717) is 18.1 Å². The molecule has 136 valence electrons. The molecule has 0 bridgehead atoms. The number of anilines is 1. The van der Waals surface area contributed by atoms with Crippen LogP contribution in [0.4, 0.5) is 5.82 Å². The maximum Gasteiger partial charge on any atom is 0.270 e. The lowest BCUT2D eigenvalue weighted by atomic mass is 10.2. The van der Waals surface area contributed by atoms with E-state index >= 15 is 0 Å². The van der Waals surface area contributed by atoms with Crippen LogP contribution < -0.4 is 10.2 Å². The summed E-state index contributed by atoms with van der Waals surface area (Å²) in [5.41, 5.74) is 2.23. The van der Waals surface area contributed by atoms with Gasteiger partial charge in [-0.15, -0.1) is 0 Å². The molecule has 1 aromatic carbocycles. The van der Waals surface area contributed by atoms with Gasteiger partial charge in [0.1, 0.15) is 11.5 Å². The second-order valence-electron chi connectivity index (χ2n) is 6.54. The lowest BCUT2D eigenvalue weighted by Crippen LogP contribution is -2.26. The topological polar surface area (TPSA) is 71.0 Å². The van der Waals surface area contributed by atoms with Gasteiger partial charge in [-0.1, -0.05) is 36.4 Å². The second kappa shape index (κ2) is 7.95. The molecule has 6 nitrogen and oxygen atoms in total. The van der Waals surface area contributed by atoms with Crippen molar-refractivity contribution in [2.24, 2.45) is 0 Å². The highest BCUT2D eigenvalue weighted by atomic mass is 16.1. The highest BCUT2D eigenvalue weighted by Crippen LogP contribution is 2.23. The average molecular weight is 359 g/mol. The summed E-state index contributed by atoms with van der Waals surface area (Å²) in [6.45, 7) is 2.33. The Kier molecular flexibility index (Phi) is 5.05. The van der Waals surface area contributed by atoms with Crippen molar-refractivity contribution in [3.05, 3.63) is 72.2 Å². The molecule has 1 aliphatic rings. The van der Waals surface area contributed by atoms with E-state index in [1.165, 1.54) is 0 Å². The molecule has 2 aromatic heterocycles. The number of hydrogen-bond donors (Lipinski definition) is 1. The molecule has 27 heavy (non-hydrogen) atoms. The van der Waals surface area contributed by atoms with E-state index in [-0.39, 0.29) is 5.91 Å². The van der Waals surface area contributed by atoms with Gasteiger partial charge in [0.05, 0.1) is 0 Å². The van der Waals surface area contributed by atoms with Crippen LogP contribution in [0.1, 0.15) is 28.9 Å². The first-order valence-corrected chi connectivity index (χ1v) is 9.16. The number of benzene rings is 1. The van der Waals surface area contributed by atoms with E-state index in [9.17, 15) is 4.79 Å². The van der Waals surface area contributed by atoms with Gasteiger partial charge < -0.3 is 10.2 Å². The fourth-order valence-corrected chi connectivity index (χ4v) is 3.15. The Morgan fingerprint density at radius 1 is 1.04 bits per heavy atom. The molecular weight excluding hydrogens is 338 g/mol. The Balaban J connectivity index is 1.62. The summed E-state index contributed by atoms with van der Waals surface area (Å²) in [5.74, 6) is 1.18. The van der Waals surface area contributed by atoms with E-state index < -0.39 is 0 Å². The smallest absolute Gasteiger partial charge is 0.270 e. The van der Waals surface area contributed by atoms with Gasteiger partial charge in [-0.2, -0.15) is 0 Å². The van der Waals surface area contributed by atoms with Crippen LogP contribution in [-0.2, 0) is 6.54 Å². The molecule has 6 heteroatoms. The lowest BCUT2D eigenvalue weighted by molar-refractivity contribution is 0.0946. The molecule has 0 saturated carbocycles. The van der Waals surface area contributed by atoms with Crippen LogP contribution in [-0.4, -0.2) is 33.9 Å². The number of nitrogens with zero attached hydrogens (tertiary/aromatic N) is 4. The van der Waals surface area contributed by atoms with Crippen LogP contribution >= 0.6 is 0 Å². The highest BCUT2D eigenvalue weighted by Gasteiger charge is 2.19. The largest absolute Gasteiger partial charge is 0.356 e. The van der Waals surface area contributed by atoms with Crippen LogP contribution in [0.25, 0.3) is 11.4 Å². The molecular formula is C21H21N5O. The van der Waals surface area contributed by atoms with Crippen LogP contribution in [0.3, 0.4) is 0 Å². The van der Waals surface area contributed by atoms with Gasteiger partial charge in [0.25, 0.3) is 5.91 Å². The maximum atomic E-state index is 12.7. The Bertz CT molecular complexity index is 908. The van der Waals surface area contributed by atoms with Crippen LogP contribution in [0.5, 0.6) is 0 Å². The molecule has 0 spiro atoms. The third-order valence-electron chi connectivity index (χ3n) is 4.58. The highest BCUT2D eigenvalue weighted by molar-refractivity contribution is 5.93. The molecule has 1 amide bonds. The quantitative estimate of drug-likeness (QED) is 0.758. The lowest BCUT2D eigenvalue weighted by Gasteiger charge is -2.18. The molecule has 3 heterocycles.